The average Bonchev–Trinajstić information content (AvgIpc) is 2.26. The molecule has 0 bridgehead atoms. The summed E-state index contributed by atoms with van der Waals surface area (Å²) in [4.78, 5) is 14.3. The highest BCUT2D eigenvalue weighted by Gasteiger charge is 2.07. The highest BCUT2D eigenvalue weighted by Crippen LogP contribution is 2.12. The summed E-state index contributed by atoms with van der Waals surface area (Å²) in [7, 11) is 0. The number of hydrogen-bond acceptors (Lipinski definition) is 3. The van der Waals surface area contributed by atoms with Gasteiger partial charge in [0.15, 0.2) is 0 Å². The Kier molecular flexibility index (Phi) is 3.99. The van der Waals surface area contributed by atoms with Crippen LogP contribution in [0.3, 0.4) is 0 Å². The van der Waals surface area contributed by atoms with Gasteiger partial charge in [-0.1, -0.05) is 26.0 Å². The van der Waals surface area contributed by atoms with Gasteiger partial charge in [0.1, 0.15) is 5.84 Å². The van der Waals surface area contributed by atoms with Gasteiger partial charge in [0.25, 0.3) is 5.69 Å². The predicted octanol–water partition coefficient (Wildman–Crippen LogP) is 1.96. The van der Waals surface area contributed by atoms with Crippen LogP contribution in [0.5, 0.6) is 0 Å². The van der Waals surface area contributed by atoms with E-state index in [0.29, 0.717) is 23.9 Å². The van der Waals surface area contributed by atoms with E-state index in [0.717, 1.165) is 0 Å². The van der Waals surface area contributed by atoms with Crippen LogP contribution in [0.1, 0.15) is 19.4 Å². The third-order valence-electron chi connectivity index (χ3n) is 1.98. The first kappa shape index (κ1) is 12.2. The Hall–Kier alpha value is -1.91. The van der Waals surface area contributed by atoms with Gasteiger partial charge in [-0.2, -0.15) is 0 Å². The van der Waals surface area contributed by atoms with Crippen molar-refractivity contribution in [2.45, 2.75) is 13.8 Å². The van der Waals surface area contributed by atoms with E-state index >= 15 is 0 Å². The maximum absolute atomic E-state index is 10.6. The molecule has 0 heterocycles. The fourth-order valence-corrected chi connectivity index (χ4v) is 1.15. The Labute approximate surface area is 94.1 Å². The first-order chi connectivity index (χ1) is 7.50. The van der Waals surface area contributed by atoms with Crippen LogP contribution in [0, 0.1) is 16.0 Å². The van der Waals surface area contributed by atoms with Gasteiger partial charge in [0.2, 0.25) is 0 Å². The summed E-state index contributed by atoms with van der Waals surface area (Å²) in [5.41, 5.74) is 6.36. The van der Waals surface area contributed by atoms with Crippen molar-refractivity contribution in [1.82, 2.24) is 0 Å². The fraction of sp³-hybridized carbons (Fsp3) is 0.364. The number of nitrogens with zero attached hydrogens (tertiary/aromatic N) is 2. The number of non-ortho nitro benzene ring substituents is 1. The molecule has 0 saturated carbocycles. The third-order valence-corrected chi connectivity index (χ3v) is 1.98. The number of benzene rings is 1. The summed E-state index contributed by atoms with van der Waals surface area (Å²) in [6.07, 6.45) is 0. The van der Waals surface area contributed by atoms with Gasteiger partial charge in [-0.25, -0.2) is 0 Å². The maximum Gasteiger partial charge on any atom is 0.270 e. The molecule has 5 nitrogen and oxygen atoms in total. The summed E-state index contributed by atoms with van der Waals surface area (Å²) in [5, 5.41) is 10.6. The standard InChI is InChI=1S/C11H15N3O2/c1-8(2)7-13-11(12)9-4-3-5-10(6-9)14(15)16/h3-6,8H,7H2,1-2H3,(H2,12,13). The molecule has 0 fully saturated rings. The molecule has 16 heavy (non-hydrogen) atoms. The van der Waals surface area contributed by atoms with Gasteiger partial charge < -0.3 is 5.73 Å². The molecule has 2 N–H and O–H groups in total. The molecule has 0 aliphatic rings. The lowest BCUT2D eigenvalue weighted by Crippen LogP contribution is -2.15. The van der Waals surface area contributed by atoms with Gasteiger partial charge in [0.05, 0.1) is 4.92 Å². The van der Waals surface area contributed by atoms with Crippen LogP contribution in [0.15, 0.2) is 29.3 Å². The summed E-state index contributed by atoms with van der Waals surface area (Å²) < 4.78 is 0. The average molecular weight is 221 g/mol. The minimum atomic E-state index is -0.445. The van der Waals surface area contributed by atoms with Crippen molar-refractivity contribution >= 4 is 11.5 Å². The van der Waals surface area contributed by atoms with Crippen LogP contribution >= 0.6 is 0 Å². The second-order valence-electron chi connectivity index (χ2n) is 3.93. The summed E-state index contributed by atoms with van der Waals surface area (Å²) in [5.74, 6) is 0.759. The molecule has 5 heteroatoms. The van der Waals surface area contributed by atoms with Gasteiger partial charge in [-0.05, 0) is 5.92 Å². The Bertz CT molecular complexity index is 413. The lowest BCUT2D eigenvalue weighted by Gasteiger charge is -2.03. The quantitative estimate of drug-likeness (QED) is 0.365. The summed E-state index contributed by atoms with van der Waals surface area (Å²) in [6, 6.07) is 6.18. The molecule has 0 aliphatic carbocycles. The van der Waals surface area contributed by atoms with Gasteiger partial charge in [-0.15, -0.1) is 0 Å². The van der Waals surface area contributed by atoms with E-state index in [9.17, 15) is 10.1 Å². The Morgan fingerprint density at radius 3 is 2.81 bits per heavy atom. The Balaban J connectivity index is 2.91. The first-order valence-electron chi connectivity index (χ1n) is 5.05. The molecule has 86 valence electrons. The van der Waals surface area contributed by atoms with Crippen LogP contribution in [0.25, 0.3) is 0 Å². The lowest BCUT2D eigenvalue weighted by molar-refractivity contribution is -0.384. The van der Waals surface area contributed by atoms with Crippen molar-refractivity contribution in [2.75, 3.05) is 6.54 Å². The Morgan fingerprint density at radius 1 is 1.56 bits per heavy atom. The molecule has 0 radical (unpaired) electrons. The molecule has 0 spiro atoms. The zero-order valence-corrected chi connectivity index (χ0v) is 9.38. The van der Waals surface area contributed by atoms with Crippen LogP contribution < -0.4 is 5.73 Å². The predicted molar refractivity (Wildman–Crippen MR) is 63.5 cm³/mol. The van der Waals surface area contributed by atoms with Crippen molar-refractivity contribution in [2.24, 2.45) is 16.6 Å². The SMILES string of the molecule is CC(C)CN=C(N)c1cccc([N+](=O)[O-])c1. The second-order valence-corrected chi connectivity index (χ2v) is 3.93. The fourth-order valence-electron chi connectivity index (χ4n) is 1.15. The number of nitro benzene ring substituents is 1. The van der Waals surface area contributed by atoms with E-state index in [1.54, 1.807) is 12.1 Å². The number of amidine groups is 1. The molecular weight excluding hydrogens is 206 g/mol. The molecule has 0 amide bonds. The molecule has 1 aromatic rings. The van der Waals surface area contributed by atoms with E-state index in [4.69, 9.17) is 5.73 Å². The second kappa shape index (κ2) is 5.25. The first-order valence-corrected chi connectivity index (χ1v) is 5.05. The third kappa shape index (κ3) is 3.34. The molecule has 1 aromatic carbocycles. The van der Waals surface area contributed by atoms with Crippen molar-refractivity contribution in [3.63, 3.8) is 0 Å². The highest BCUT2D eigenvalue weighted by molar-refractivity contribution is 5.97. The zero-order valence-electron chi connectivity index (χ0n) is 9.38. The molecule has 0 atom stereocenters. The zero-order chi connectivity index (χ0) is 12.1. The van der Waals surface area contributed by atoms with E-state index in [2.05, 4.69) is 4.99 Å². The van der Waals surface area contributed by atoms with Crippen molar-refractivity contribution < 1.29 is 4.92 Å². The van der Waals surface area contributed by atoms with Crippen molar-refractivity contribution in [3.05, 3.63) is 39.9 Å². The van der Waals surface area contributed by atoms with Crippen LogP contribution in [-0.4, -0.2) is 17.3 Å². The van der Waals surface area contributed by atoms with Crippen molar-refractivity contribution in [3.8, 4) is 0 Å². The molecule has 0 saturated heterocycles. The summed E-state index contributed by atoms with van der Waals surface area (Å²) >= 11 is 0. The van der Waals surface area contributed by atoms with Crippen LogP contribution in [0.4, 0.5) is 5.69 Å². The minimum Gasteiger partial charge on any atom is -0.384 e. The number of hydrogen-bond donors (Lipinski definition) is 1. The van der Waals surface area contributed by atoms with Crippen LogP contribution in [0.2, 0.25) is 0 Å². The highest BCUT2D eigenvalue weighted by atomic mass is 16.6. The number of rotatable bonds is 4. The Morgan fingerprint density at radius 2 is 2.25 bits per heavy atom. The molecular formula is C11H15N3O2. The van der Waals surface area contributed by atoms with E-state index in [1.165, 1.54) is 12.1 Å². The summed E-state index contributed by atoms with van der Waals surface area (Å²) in [6.45, 7) is 4.68. The van der Waals surface area contributed by atoms with E-state index < -0.39 is 4.92 Å². The van der Waals surface area contributed by atoms with Gasteiger partial charge >= 0.3 is 0 Å². The monoisotopic (exact) mass is 221 g/mol. The van der Waals surface area contributed by atoms with Crippen molar-refractivity contribution in [1.29, 1.82) is 0 Å². The molecule has 1 rings (SSSR count). The number of nitro groups is 1. The van der Waals surface area contributed by atoms with E-state index in [-0.39, 0.29) is 5.69 Å². The van der Waals surface area contributed by atoms with E-state index in [1.807, 2.05) is 13.8 Å². The van der Waals surface area contributed by atoms with Crippen LogP contribution in [-0.2, 0) is 0 Å². The molecule has 0 aliphatic heterocycles. The van der Waals surface area contributed by atoms with Gasteiger partial charge in [-0.3, -0.25) is 15.1 Å². The molecule has 0 unspecified atom stereocenters. The maximum atomic E-state index is 10.6. The topological polar surface area (TPSA) is 81.5 Å². The molecule has 0 aromatic heterocycles. The lowest BCUT2D eigenvalue weighted by atomic mass is 10.2. The normalized spacial score (nSPS) is 11.8. The smallest absolute Gasteiger partial charge is 0.270 e. The van der Waals surface area contributed by atoms with Gasteiger partial charge in [0, 0.05) is 24.2 Å². The minimum absolute atomic E-state index is 0.0280. The largest absolute Gasteiger partial charge is 0.384 e. The number of nitrogens with two attached hydrogens (primary N) is 1. The number of aliphatic imine (C=N–C) groups is 1.